The van der Waals surface area contributed by atoms with Crippen molar-refractivity contribution >= 4 is 29.9 Å². The normalized spacial score (nSPS) is 18.2. The van der Waals surface area contributed by atoms with Crippen LogP contribution in [0.4, 0.5) is 5.69 Å². The monoisotopic (exact) mass is 311 g/mol. The smallest absolute Gasteiger partial charge is 0.223 e. The standard InChI is InChI=1S/C15H21N3O2.ClH/c1-10(16)9-15(20)17-13-7-8-18(11(2)19)14-6-4-3-5-12(13)14;/h3-6,10,13H,7-9,16H2,1-2H3,(H,17,20);1H. The van der Waals surface area contributed by atoms with E-state index in [9.17, 15) is 9.59 Å². The Hall–Kier alpha value is -1.59. The number of carbonyl (C=O) groups is 2. The van der Waals surface area contributed by atoms with Gasteiger partial charge in [0.25, 0.3) is 0 Å². The van der Waals surface area contributed by atoms with Crippen LogP contribution < -0.4 is 16.0 Å². The molecule has 2 amide bonds. The number of hydrogen-bond donors (Lipinski definition) is 2. The number of fused-ring (bicyclic) bond motifs is 1. The maximum atomic E-state index is 11.9. The molecule has 2 atom stereocenters. The third-order valence-corrected chi connectivity index (χ3v) is 3.47. The van der Waals surface area contributed by atoms with Crippen molar-refractivity contribution in [1.82, 2.24) is 5.32 Å². The number of benzene rings is 1. The van der Waals surface area contributed by atoms with Gasteiger partial charge in [-0.25, -0.2) is 0 Å². The first-order valence-electron chi connectivity index (χ1n) is 6.91. The lowest BCUT2D eigenvalue weighted by Gasteiger charge is -2.34. The fourth-order valence-corrected chi connectivity index (χ4v) is 2.58. The largest absolute Gasteiger partial charge is 0.349 e. The van der Waals surface area contributed by atoms with Crippen molar-refractivity contribution in [2.75, 3.05) is 11.4 Å². The van der Waals surface area contributed by atoms with Gasteiger partial charge in [0, 0.05) is 31.6 Å². The van der Waals surface area contributed by atoms with Crippen LogP contribution in [0.15, 0.2) is 24.3 Å². The van der Waals surface area contributed by atoms with Crippen LogP contribution in [0.3, 0.4) is 0 Å². The number of nitrogens with two attached hydrogens (primary N) is 1. The molecule has 0 saturated heterocycles. The summed E-state index contributed by atoms with van der Waals surface area (Å²) >= 11 is 0. The summed E-state index contributed by atoms with van der Waals surface area (Å²) in [4.78, 5) is 25.3. The van der Waals surface area contributed by atoms with E-state index in [2.05, 4.69) is 5.32 Å². The summed E-state index contributed by atoms with van der Waals surface area (Å²) in [6.07, 6.45) is 1.04. The van der Waals surface area contributed by atoms with E-state index in [-0.39, 0.29) is 36.3 Å². The molecular weight excluding hydrogens is 290 g/mol. The van der Waals surface area contributed by atoms with Crippen LogP contribution in [0.25, 0.3) is 0 Å². The molecule has 1 aromatic rings. The highest BCUT2D eigenvalue weighted by Gasteiger charge is 2.27. The van der Waals surface area contributed by atoms with Gasteiger partial charge in [0.2, 0.25) is 11.8 Å². The highest BCUT2D eigenvalue weighted by Crippen LogP contribution is 2.33. The minimum Gasteiger partial charge on any atom is -0.349 e. The van der Waals surface area contributed by atoms with Crippen LogP contribution in [0, 0.1) is 0 Å². The quantitative estimate of drug-likeness (QED) is 0.893. The second-order valence-electron chi connectivity index (χ2n) is 5.32. The number of nitrogens with one attached hydrogen (secondary N) is 1. The summed E-state index contributed by atoms with van der Waals surface area (Å²) in [6, 6.07) is 7.51. The molecule has 1 aromatic carbocycles. The molecule has 0 bridgehead atoms. The Labute approximate surface area is 131 Å². The van der Waals surface area contributed by atoms with Gasteiger partial charge < -0.3 is 16.0 Å². The molecule has 1 aliphatic rings. The molecule has 0 aliphatic carbocycles. The number of hydrogen-bond acceptors (Lipinski definition) is 3. The topological polar surface area (TPSA) is 75.4 Å². The summed E-state index contributed by atoms with van der Waals surface area (Å²) in [7, 11) is 0. The van der Waals surface area contributed by atoms with Gasteiger partial charge in [-0.1, -0.05) is 18.2 Å². The van der Waals surface area contributed by atoms with Crippen molar-refractivity contribution < 1.29 is 9.59 Å². The molecule has 0 spiro atoms. The average molecular weight is 312 g/mol. The van der Waals surface area contributed by atoms with Gasteiger partial charge in [-0.3, -0.25) is 9.59 Å². The average Bonchev–Trinajstić information content (AvgIpc) is 2.37. The Kier molecular flexibility index (Phi) is 6.18. The van der Waals surface area contributed by atoms with Gasteiger partial charge >= 0.3 is 0 Å². The van der Waals surface area contributed by atoms with Crippen LogP contribution in [0.5, 0.6) is 0 Å². The first kappa shape index (κ1) is 17.5. The van der Waals surface area contributed by atoms with E-state index in [1.807, 2.05) is 31.2 Å². The van der Waals surface area contributed by atoms with Crippen LogP contribution >= 0.6 is 12.4 Å². The Morgan fingerprint density at radius 3 is 2.71 bits per heavy atom. The van der Waals surface area contributed by atoms with Crippen molar-refractivity contribution in [3.63, 3.8) is 0 Å². The number of nitrogens with zero attached hydrogens (tertiary/aromatic N) is 1. The van der Waals surface area contributed by atoms with Crippen molar-refractivity contribution in [3.05, 3.63) is 29.8 Å². The molecule has 3 N–H and O–H groups in total. The lowest BCUT2D eigenvalue weighted by atomic mass is 9.96. The third kappa shape index (κ3) is 4.19. The van der Waals surface area contributed by atoms with Gasteiger partial charge in [-0.05, 0) is 25.0 Å². The van der Waals surface area contributed by atoms with Gasteiger partial charge in [-0.15, -0.1) is 12.4 Å². The molecule has 2 rings (SSSR count). The second kappa shape index (κ2) is 7.43. The number of anilines is 1. The fourth-order valence-electron chi connectivity index (χ4n) is 2.58. The van der Waals surface area contributed by atoms with Crippen LogP contribution in [0.1, 0.15) is 38.3 Å². The van der Waals surface area contributed by atoms with Crippen molar-refractivity contribution in [2.45, 2.75) is 38.8 Å². The van der Waals surface area contributed by atoms with Crippen LogP contribution in [-0.4, -0.2) is 24.4 Å². The molecule has 21 heavy (non-hydrogen) atoms. The van der Waals surface area contributed by atoms with Gasteiger partial charge in [-0.2, -0.15) is 0 Å². The van der Waals surface area contributed by atoms with Gasteiger partial charge in [0.1, 0.15) is 0 Å². The number of amides is 2. The van der Waals surface area contributed by atoms with E-state index in [1.165, 1.54) is 0 Å². The van der Waals surface area contributed by atoms with Gasteiger partial charge in [0.05, 0.1) is 6.04 Å². The van der Waals surface area contributed by atoms with Crippen LogP contribution in [-0.2, 0) is 9.59 Å². The third-order valence-electron chi connectivity index (χ3n) is 3.47. The predicted molar refractivity (Wildman–Crippen MR) is 85.5 cm³/mol. The molecule has 0 saturated carbocycles. The Morgan fingerprint density at radius 2 is 2.10 bits per heavy atom. The number of rotatable bonds is 3. The van der Waals surface area contributed by atoms with E-state index in [0.717, 1.165) is 17.7 Å². The maximum absolute atomic E-state index is 11.9. The number of para-hydroxylation sites is 1. The minimum atomic E-state index is -0.150. The lowest BCUT2D eigenvalue weighted by Crippen LogP contribution is -2.41. The van der Waals surface area contributed by atoms with E-state index in [4.69, 9.17) is 5.73 Å². The Balaban J connectivity index is 0.00000220. The van der Waals surface area contributed by atoms with E-state index in [1.54, 1.807) is 11.8 Å². The molecule has 2 unspecified atom stereocenters. The summed E-state index contributed by atoms with van der Waals surface area (Å²) < 4.78 is 0. The summed E-state index contributed by atoms with van der Waals surface area (Å²) in [6.45, 7) is 3.99. The molecule has 0 fully saturated rings. The summed E-state index contributed by atoms with van der Waals surface area (Å²) in [5, 5.41) is 3.01. The van der Waals surface area contributed by atoms with Gasteiger partial charge in [0.15, 0.2) is 0 Å². The summed E-state index contributed by atoms with van der Waals surface area (Å²) in [5.41, 5.74) is 7.52. The lowest BCUT2D eigenvalue weighted by molar-refractivity contribution is -0.122. The van der Waals surface area contributed by atoms with E-state index >= 15 is 0 Å². The predicted octanol–water partition coefficient (Wildman–Crippen LogP) is 1.76. The number of carbonyl (C=O) groups excluding carboxylic acids is 2. The van der Waals surface area contributed by atoms with E-state index in [0.29, 0.717) is 13.0 Å². The Morgan fingerprint density at radius 1 is 1.43 bits per heavy atom. The molecule has 1 aliphatic heterocycles. The van der Waals surface area contributed by atoms with E-state index < -0.39 is 0 Å². The zero-order chi connectivity index (χ0) is 14.7. The Bertz CT molecular complexity index is 519. The van der Waals surface area contributed by atoms with Crippen molar-refractivity contribution in [2.24, 2.45) is 5.73 Å². The zero-order valence-electron chi connectivity index (χ0n) is 12.3. The van der Waals surface area contributed by atoms with Crippen molar-refractivity contribution in [1.29, 1.82) is 0 Å². The molecule has 6 heteroatoms. The molecule has 0 radical (unpaired) electrons. The highest BCUT2D eigenvalue weighted by atomic mass is 35.5. The van der Waals surface area contributed by atoms with Crippen molar-refractivity contribution in [3.8, 4) is 0 Å². The molecule has 1 heterocycles. The summed E-state index contributed by atoms with van der Waals surface area (Å²) in [5.74, 6) is -0.0196. The first-order chi connectivity index (χ1) is 9.49. The molecular formula is C15H22ClN3O2. The minimum absolute atomic E-state index is 0. The SMILES string of the molecule is CC(=O)N1CCC(NC(=O)CC(C)N)c2ccccc21.Cl. The zero-order valence-corrected chi connectivity index (χ0v) is 13.2. The van der Waals surface area contributed by atoms with Crippen LogP contribution in [0.2, 0.25) is 0 Å². The molecule has 5 nitrogen and oxygen atoms in total. The molecule has 116 valence electrons. The highest BCUT2D eigenvalue weighted by molar-refractivity contribution is 5.93. The maximum Gasteiger partial charge on any atom is 0.223 e. The fraction of sp³-hybridized carbons (Fsp3) is 0.467. The second-order valence-corrected chi connectivity index (χ2v) is 5.32. The first-order valence-corrected chi connectivity index (χ1v) is 6.91. The molecule has 0 aromatic heterocycles. The number of halogens is 1.